The highest BCUT2D eigenvalue weighted by molar-refractivity contribution is 5.27. The van der Waals surface area contributed by atoms with E-state index in [0.717, 1.165) is 44.1 Å². The number of ether oxygens (including phenoxy) is 2. The van der Waals surface area contributed by atoms with Gasteiger partial charge in [-0.25, -0.2) is 0 Å². The molecule has 2 unspecified atom stereocenters. The van der Waals surface area contributed by atoms with Gasteiger partial charge in [0.2, 0.25) is 0 Å². The molecular formula is C15H25N3O2. The van der Waals surface area contributed by atoms with Crippen LogP contribution < -0.4 is 10.1 Å². The Hall–Kier alpha value is -1.17. The molecule has 20 heavy (non-hydrogen) atoms. The minimum absolute atomic E-state index is 0.150. The molecule has 1 fully saturated rings. The van der Waals surface area contributed by atoms with Crippen LogP contribution in [0.25, 0.3) is 0 Å². The van der Waals surface area contributed by atoms with E-state index in [-0.39, 0.29) is 12.1 Å². The predicted octanol–water partition coefficient (Wildman–Crippen LogP) is 1.46. The predicted molar refractivity (Wildman–Crippen MR) is 79.1 cm³/mol. The Morgan fingerprint density at radius 3 is 3.05 bits per heavy atom. The minimum Gasteiger partial charge on any atom is -0.495 e. The van der Waals surface area contributed by atoms with Crippen molar-refractivity contribution in [2.24, 2.45) is 0 Å². The van der Waals surface area contributed by atoms with Crippen molar-refractivity contribution in [3.63, 3.8) is 0 Å². The number of hydrogen-bond acceptors (Lipinski definition) is 5. The van der Waals surface area contributed by atoms with Crippen molar-refractivity contribution in [1.82, 2.24) is 15.2 Å². The van der Waals surface area contributed by atoms with E-state index >= 15 is 0 Å². The van der Waals surface area contributed by atoms with Gasteiger partial charge < -0.3 is 14.8 Å². The zero-order valence-electron chi connectivity index (χ0n) is 12.6. The van der Waals surface area contributed by atoms with Gasteiger partial charge in [-0.1, -0.05) is 13.8 Å². The molecule has 0 bridgehead atoms. The third-order valence-corrected chi connectivity index (χ3v) is 3.75. The molecule has 1 saturated heterocycles. The Bertz CT molecular complexity index is 414. The Morgan fingerprint density at radius 1 is 1.50 bits per heavy atom. The Balaban J connectivity index is 2.16. The summed E-state index contributed by atoms with van der Waals surface area (Å²) in [4.78, 5) is 6.68. The van der Waals surface area contributed by atoms with E-state index in [0.29, 0.717) is 0 Å². The second-order valence-corrected chi connectivity index (χ2v) is 5.00. The van der Waals surface area contributed by atoms with Crippen molar-refractivity contribution in [3.05, 3.63) is 24.0 Å². The molecule has 0 aromatic carbocycles. The van der Waals surface area contributed by atoms with Crippen LogP contribution in [-0.2, 0) is 4.74 Å². The smallest absolute Gasteiger partial charge is 0.137 e. The monoisotopic (exact) mass is 279 g/mol. The van der Waals surface area contributed by atoms with E-state index in [9.17, 15) is 0 Å². The highest BCUT2D eigenvalue weighted by atomic mass is 16.5. The lowest BCUT2D eigenvalue weighted by molar-refractivity contribution is -0.0454. The van der Waals surface area contributed by atoms with E-state index in [1.54, 1.807) is 13.3 Å². The molecule has 2 rings (SSSR count). The van der Waals surface area contributed by atoms with Gasteiger partial charge in [-0.15, -0.1) is 0 Å². The van der Waals surface area contributed by atoms with E-state index in [1.807, 2.05) is 12.3 Å². The number of morpholine rings is 1. The van der Waals surface area contributed by atoms with Crippen molar-refractivity contribution in [2.45, 2.75) is 26.0 Å². The van der Waals surface area contributed by atoms with Crippen molar-refractivity contribution >= 4 is 0 Å². The van der Waals surface area contributed by atoms with Crippen molar-refractivity contribution < 1.29 is 9.47 Å². The molecule has 0 radical (unpaired) electrons. The zero-order chi connectivity index (χ0) is 14.4. The lowest BCUT2D eigenvalue weighted by atomic mass is 10.0. The van der Waals surface area contributed by atoms with Gasteiger partial charge in [0, 0.05) is 19.3 Å². The maximum Gasteiger partial charge on any atom is 0.137 e. The van der Waals surface area contributed by atoms with E-state index in [4.69, 9.17) is 9.47 Å². The molecule has 1 N–H and O–H groups in total. The lowest BCUT2D eigenvalue weighted by Gasteiger charge is -2.37. The number of aromatic nitrogens is 1. The topological polar surface area (TPSA) is 46.6 Å². The molecule has 0 aliphatic carbocycles. The van der Waals surface area contributed by atoms with Gasteiger partial charge >= 0.3 is 0 Å². The highest BCUT2D eigenvalue weighted by Gasteiger charge is 2.28. The number of pyridine rings is 1. The van der Waals surface area contributed by atoms with Crippen LogP contribution in [-0.4, -0.2) is 55.9 Å². The molecule has 2 atom stereocenters. The number of hydrogen-bond donors (Lipinski definition) is 1. The average molecular weight is 279 g/mol. The minimum atomic E-state index is 0.150. The molecule has 2 heterocycles. The summed E-state index contributed by atoms with van der Waals surface area (Å²) in [6, 6.07) is 2.19. The number of rotatable bonds is 6. The van der Waals surface area contributed by atoms with Crippen LogP contribution >= 0.6 is 0 Å². The summed E-state index contributed by atoms with van der Waals surface area (Å²) < 4.78 is 11.3. The fraction of sp³-hybridized carbons (Fsp3) is 0.667. The SMILES string of the molecule is CCNC(c1cncc(OC)c1)C1CN(CC)CCO1. The maximum absolute atomic E-state index is 5.98. The van der Waals surface area contributed by atoms with Crippen molar-refractivity contribution in [3.8, 4) is 5.75 Å². The number of nitrogens with zero attached hydrogens (tertiary/aromatic N) is 2. The van der Waals surface area contributed by atoms with Gasteiger partial charge in [0.25, 0.3) is 0 Å². The Kier molecular flexibility index (Phi) is 5.76. The van der Waals surface area contributed by atoms with Crippen LogP contribution in [0.4, 0.5) is 0 Å². The van der Waals surface area contributed by atoms with E-state index in [2.05, 4.69) is 29.0 Å². The summed E-state index contributed by atoms with van der Waals surface area (Å²) in [6.45, 7) is 9.02. The molecule has 1 aromatic rings. The largest absolute Gasteiger partial charge is 0.495 e. The maximum atomic E-state index is 5.98. The molecule has 5 heteroatoms. The first-order valence-corrected chi connectivity index (χ1v) is 7.34. The fourth-order valence-corrected chi connectivity index (χ4v) is 2.62. The van der Waals surface area contributed by atoms with Gasteiger partial charge in [0.15, 0.2) is 0 Å². The molecule has 112 valence electrons. The first kappa shape index (κ1) is 15.2. The zero-order valence-corrected chi connectivity index (χ0v) is 12.6. The third kappa shape index (κ3) is 3.69. The molecule has 5 nitrogen and oxygen atoms in total. The summed E-state index contributed by atoms with van der Waals surface area (Å²) in [7, 11) is 1.67. The Labute approximate surface area is 121 Å². The molecule has 1 aliphatic heterocycles. The van der Waals surface area contributed by atoms with Crippen LogP contribution in [0.1, 0.15) is 25.5 Å². The van der Waals surface area contributed by atoms with Gasteiger partial charge in [-0.05, 0) is 24.7 Å². The van der Waals surface area contributed by atoms with Gasteiger partial charge in [-0.2, -0.15) is 0 Å². The number of nitrogens with one attached hydrogen (secondary N) is 1. The number of methoxy groups -OCH3 is 1. The Morgan fingerprint density at radius 2 is 2.35 bits per heavy atom. The fourth-order valence-electron chi connectivity index (χ4n) is 2.62. The summed E-state index contributed by atoms with van der Waals surface area (Å²) in [5.74, 6) is 0.786. The average Bonchev–Trinajstić information content (AvgIpc) is 2.52. The van der Waals surface area contributed by atoms with Crippen molar-refractivity contribution in [1.29, 1.82) is 0 Å². The van der Waals surface area contributed by atoms with Gasteiger partial charge in [0.1, 0.15) is 5.75 Å². The second-order valence-electron chi connectivity index (χ2n) is 5.00. The van der Waals surface area contributed by atoms with Crippen LogP contribution in [0.2, 0.25) is 0 Å². The van der Waals surface area contributed by atoms with Crippen molar-refractivity contribution in [2.75, 3.05) is 39.9 Å². The molecule has 1 aliphatic rings. The normalized spacial score (nSPS) is 21.6. The molecule has 0 saturated carbocycles. The summed E-state index contributed by atoms with van der Waals surface area (Å²) in [6.07, 6.45) is 3.77. The summed E-state index contributed by atoms with van der Waals surface area (Å²) >= 11 is 0. The van der Waals surface area contributed by atoms with E-state index < -0.39 is 0 Å². The molecule has 1 aromatic heterocycles. The summed E-state index contributed by atoms with van der Waals surface area (Å²) in [5, 5.41) is 3.52. The second kappa shape index (κ2) is 7.57. The molecular weight excluding hydrogens is 254 g/mol. The van der Waals surface area contributed by atoms with Crippen LogP contribution in [0.3, 0.4) is 0 Å². The third-order valence-electron chi connectivity index (χ3n) is 3.75. The molecule has 0 spiro atoms. The highest BCUT2D eigenvalue weighted by Crippen LogP contribution is 2.24. The first-order valence-electron chi connectivity index (χ1n) is 7.34. The number of likely N-dealkylation sites (N-methyl/N-ethyl adjacent to an activating group) is 2. The van der Waals surface area contributed by atoms with Crippen LogP contribution in [0.5, 0.6) is 5.75 Å². The van der Waals surface area contributed by atoms with Crippen LogP contribution in [0, 0.1) is 0 Å². The lowest BCUT2D eigenvalue weighted by Crippen LogP contribution is -2.48. The molecule has 0 amide bonds. The quantitative estimate of drug-likeness (QED) is 0.854. The van der Waals surface area contributed by atoms with Gasteiger partial charge in [-0.3, -0.25) is 9.88 Å². The standard InChI is InChI=1S/C15H25N3O2/c1-4-17-15(12-8-13(19-3)10-16-9-12)14-11-18(5-2)6-7-20-14/h8-10,14-15,17H,4-7,11H2,1-3H3. The summed E-state index contributed by atoms with van der Waals surface area (Å²) in [5.41, 5.74) is 1.12. The van der Waals surface area contributed by atoms with Gasteiger partial charge in [0.05, 0.1) is 32.1 Å². The van der Waals surface area contributed by atoms with E-state index in [1.165, 1.54) is 0 Å². The van der Waals surface area contributed by atoms with Crippen LogP contribution in [0.15, 0.2) is 18.5 Å². The first-order chi connectivity index (χ1) is 9.78.